The van der Waals surface area contributed by atoms with Gasteiger partial charge in [0, 0.05) is 85.8 Å². The maximum Gasteiger partial charge on any atom is 0.274 e. The van der Waals surface area contributed by atoms with Gasteiger partial charge < -0.3 is 20.2 Å². The average molecular weight is 831 g/mol. The van der Waals surface area contributed by atoms with Gasteiger partial charge in [-0.05, 0) is 87.4 Å². The summed E-state index contributed by atoms with van der Waals surface area (Å²) in [6, 6.07) is 13.9. The van der Waals surface area contributed by atoms with Gasteiger partial charge in [0.15, 0.2) is 0 Å². The number of fused-ring (bicyclic) bond motifs is 2. The fourth-order valence-electron chi connectivity index (χ4n) is 9.73. The van der Waals surface area contributed by atoms with Gasteiger partial charge in [0.05, 0.1) is 46.3 Å². The highest BCUT2D eigenvalue weighted by molar-refractivity contribution is 6.05. The number of imide groups is 1. The molecular formula is C44H44F2N10O5. The van der Waals surface area contributed by atoms with E-state index in [1.807, 2.05) is 27.9 Å². The number of aliphatic hydroxyl groups is 1. The summed E-state index contributed by atoms with van der Waals surface area (Å²) in [6.45, 7) is 3.51. The number of piperidine rings is 1. The molecule has 4 amide bonds. The van der Waals surface area contributed by atoms with Crippen LogP contribution in [0.15, 0.2) is 54.9 Å². The van der Waals surface area contributed by atoms with Crippen LogP contribution in [0.3, 0.4) is 0 Å². The molecule has 2 saturated carbocycles. The van der Waals surface area contributed by atoms with E-state index in [0.717, 1.165) is 49.7 Å². The zero-order valence-corrected chi connectivity index (χ0v) is 33.3. The third-order valence-electron chi connectivity index (χ3n) is 13.4. The molecule has 314 valence electrons. The Morgan fingerprint density at radius 1 is 0.934 bits per heavy atom. The van der Waals surface area contributed by atoms with Gasteiger partial charge in [-0.2, -0.15) is 15.5 Å². The first-order valence-corrected chi connectivity index (χ1v) is 21.0. The molecule has 0 radical (unpaired) electrons. The summed E-state index contributed by atoms with van der Waals surface area (Å²) in [4.78, 5) is 56.9. The number of nitriles is 1. The van der Waals surface area contributed by atoms with Crippen LogP contribution in [0, 0.1) is 28.9 Å². The third kappa shape index (κ3) is 7.16. The molecule has 0 bridgehead atoms. The number of piperazine rings is 1. The van der Waals surface area contributed by atoms with E-state index in [1.165, 1.54) is 22.8 Å². The minimum Gasteiger partial charge on any atom is -0.385 e. The Morgan fingerprint density at radius 3 is 2.34 bits per heavy atom. The van der Waals surface area contributed by atoms with Crippen molar-refractivity contribution in [3.63, 3.8) is 0 Å². The van der Waals surface area contributed by atoms with Crippen LogP contribution >= 0.6 is 0 Å². The van der Waals surface area contributed by atoms with E-state index < -0.39 is 35.0 Å². The van der Waals surface area contributed by atoms with Crippen molar-refractivity contribution in [3.05, 3.63) is 88.9 Å². The molecule has 0 spiro atoms. The van der Waals surface area contributed by atoms with E-state index in [9.17, 15) is 29.5 Å². The van der Waals surface area contributed by atoms with Crippen molar-refractivity contribution in [2.45, 2.75) is 75.0 Å². The first kappa shape index (κ1) is 38.9. The van der Waals surface area contributed by atoms with Crippen LogP contribution in [0.2, 0.25) is 0 Å². The van der Waals surface area contributed by atoms with Crippen molar-refractivity contribution in [1.29, 1.82) is 5.26 Å². The van der Waals surface area contributed by atoms with Gasteiger partial charge >= 0.3 is 0 Å². The van der Waals surface area contributed by atoms with E-state index in [4.69, 9.17) is 5.10 Å². The van der Waals surface area contributed by atoms with Crippen LogP contribution in [0.25, 0.3) is 16.4 Å². The molecule has 2 aromatic carbocycles. The summed E-state index contributed by atoms with van der Waals surface area (Å²) in [7, 11) is 0. The fourth-order valence-corrected chi connectivity index (χ4v) is 9.73. The van der Waals surface area contributed by atoms with Crippen LogP contribution in [0.4, 0.5) is 20.2 Å². The minimum absolute atomic E-state index is 0.0228. The van der Waals surface area contributed by atoms with Gasteiger partial charge in [0.2, 0.25) is 17.7 Å². The lowest BCUT2D eigenvalue weighted by Crippen LogP contribution is -2.59. The molecule has 3 N–H and O–H groups in total. The highest BCUT2D eigenvalue weighted by atomic mass is 19.1. The predicted octanol–water partition coefficient (Wildman–Crippen LogP) is 4.35. The minimum atomic E-state index is -1.06. The topological polar surface area (TPSA) is 181 Å². The van der Waals surface area contributed by atoms with Crippen molar-refractivity contribution in [2.24, 2.45) is 5.92 Å². The zero-order chi connectivity index (χ0) is 42.2. The summed E-state index contributed by atoms with van der Waals surface area (Å²) >= 11 is 0. The number of rotatable bonds is 8. The zero-order valence-electron chi connectivity index (χ0n) is 33.3. The van der Waals surface area contributed by atoms with Gasteiger partial charge in [-0.25, -0.2) is 13.3 Å². The maximum atomic E-state index is 15.1. The van der Waals surface area contributed by atoms with Crippen molar-refractivity contribution >= 4 is 51.4 Å². The summed E-state index contributed by atoms with van der Waals surface area (Å²) < 4.78 is 33.8. The second-order valence-electron chi connectivity index (χ2n) is 17.2. The first-order chi connectivity index (χ1) is 29.4. The molecule has 3 aliphatic heterocycles. The SMILES string of the molecule is N#Cc1cnn2c(C(=O)Nc3cc4cn(C5CCC(N6CCN(C(=O)C7CN(c8cc(F)c([C@H]9CCC(=O)NC9=O)c(F)c8)C7)CC6)CC5)nc4cc3C3(O)CC3)ccc2c1. The third-order valence-corrected chi connectivity index (χ3v) is 13.4. The highest BCUT2D eigenvalue weighted by Crippen LogP contribution is 2.49. The number of aromatic nitrogens is 4. The molecule has 10 rings (SSSR count). The smallest absolute Gasteiger partial charge is 0.274 e. The number of benzene rings is 2. The van der Waals surface area contributed by atoms with Gasteiger partial charge in [-0.1, -0.05) is 0 Å². The molecule has 6 heterocycles. The van der Waals surface area contributed by atoms with Crippen LogP contribution in [-0.4, -0.2) is 103 Å². The first-order valence-electron chi connectivity index (χ1n) is 21.0. The molecule has 3 saturated heterocycles. The number of hydrogen-bond donors (Lipinski definition) is 3. The number of halogens is 2. The lowest BCUT2D eigenvalue weighted by molar-refractivity contribution is -0.138. The number of nitrogens with one attached hydrogen (secondary N) is 2. The number of carbonyl (C=O) groups excluding carboxylic acids is 4. The Bertz CT molecular complexity index is 2640. The lowest BCUT2D eigenvalue weighted by atomic mass is 9.89. The van der Waals surface area contributed by atoms with Crippen molar-refractivity contribution in [3.8, 4) is 6.07 Å². The molecule has 61 heavy (non-hydrogen) atoms. The molecule has 5 aromatic rings. The largest absolute Gasteiger partial charge is 0.385 e. The number of nitrogens with zero attached hydrogens (tertiary/aromatic N) is 8. The van der Waals surface area contributed by atoms with Crippen LogP contribution in [0.1, 0.15) is 90.5 Å². The number of hydrogen-bond acceptors (Lipinski definition) is 10. The normalized spacial score (nSPS) is 23.1. The summed E-state index contributed by atoms with van der Waals surface area (Å²) in [5.74, 6) is -4.46. The Labute approximate surface area is 348 Å². The van der Waals surface area contributed by atoms with Crippen LogP contribution in [-0.2, 0) is 20.0 Å². The van der Waals surface area contributed by atoms with E-state index in [1.54, 1.807) is 23.1 Å². The monoisotopic (exact) mass is 830 g/mol. The van der Waals surface area contributed by atoms with Gasteiger partial charge in [0.1, 0.15) is 23.4 Å². The fraction of sp³-hybridized carbons (Fsp3) is 0.432. The van der Waals surface area contributed by atoms with Crippen molar-refractivity contribution in [2.75, 3.05) is 49.5 Å². The molecular weight excluding hydrogens is 787 g/mol. The standard InChI is InChI=1S/C44H44F2N10O5/c45-34-17-31(18-35(46)40(34)32-6-8-39(57)50-41(32)58)54-22-27(23-54)43(60)53-13-11-52(12-14-53)28-1-3-29(4-2-28)55-24-26-16-37(33(19-36(26)51-55)44(61)9-10-44)49-42(59)38-7-5-30-15-25(20-47)21-48-56(30)38/h5,7,15-19,21,24,27-29,32,61H,1-4,6,8-14,22-23H2,(H,49,59)(H,50,57,58)/t28?,29?,32-/m1/s1. The number of carbonyl (C=O) groups is 4. The van der Waals surface area contributed by atoms with Crippen LogP contribution in [0.5, 0.6) is 0 Å². The molecule has 17 heteroatoms. The second-order valence-corrected chi connectivity index (χ2v) is 17.2. The Balaban J connectivity index is 0.727. The predicted molar refractivity (Wildman–Crippen MR) is 217 cm³/mol. The molecule has 5 aliphatic rings. The average Bonchev–Trinajstić information content (AvgIpc) is 3.62. The Morgan fingerprint density at radius 2 is 1.66 bits per heavy atom. The number of anilines is 2. The van der Waals surface area contributed by atoms with Gasteiger partial charge in [-0.15, -0.1) is 0 Å². The highest BCUT2D eigenvalue weighted by Gasteiger charge is 2.45. The second kappa shape index (κ2) is 15.0. The molecule has 3 aromatic heterocycles. The quantitative estimate of drug-likeness (QED) is 0.190. The molecule has 15 nitrogen and oxygen atoms in total. The molecule has 5 fully saturated rings. The summed E-state index contributed by atoms with van der Waals surface area (Å²) in [6.07, 6.45) is 8.55. The number of amides is 4. The van der Waals surface area contributed by atoms with E-state index in [-0.39, 0.29) is 42.2 Å². The van der Waals surface area contributed by atoms with Gasteiger partial charge in [-0.3, -0.25) is 34.1 Å². The van der Waals surface area contributed by atoms with E-state index in [0.29, 0.717) is 78.8 Å². The van der Waals surface area contributed by atoms with Crippen molar-refractivity contribution in [1.82, 2.24) is 34.5 Å². The Hall–Kier alpha value is -6.25. The summed E-state index contributed by atoms with van der Waals surface area (Å²) in [5, 5.41) is 35.7. The molecule has 0 unspecified atom stereocenters. The lowest BCUT2D eigenvalue weighted by Gasteiger charge is -2.45. The molecule has 2 aliphatic carbocycles. The van der Waals surface area contributed by atoms with Gasteiger partial charge in [0.25, 0.3) is 5.91 Å². The summed E-state index contributed by atoms with van der Waals surface area (Å²) in [5.41, 5.74) is 2.23. The maximum absolute atomic E-state index is 15.1. The van der Waals surface area contributed by atoms with Crippen LogP contribution < -0.4 is 15.5 Å². The van der Waals surface area contributed by atoms with E-state index >= 15 is 8.78 Å². The van der Waals surface area contributed by atoms with Crippen molar-refractivity contribution < 1.29 is 33.1 Å². The molecule has 1 atom stereocenters. The van der Waals surface area contributed by atoms with E-state index in [2.05, 4.69) is 26.7 Å². The Kier molecular flexibility index (Phi) is 9.59.